The molecular formula is C13H19BrN2O. The Bertz CT molecular complexity index is 463. The summed E-state index contributed by atoms with van der Waals surface area (Å²) in [5, 5.41) is 3.29. The van der Waals surface area contributed by atoms with E-state index < -0.39 is 0 Å². The first kappa shape index (κ1) is 14.2. The highest BCUT2D eigenvalue weighted by molar-refractivity contribution is 9.10. The molecule has 0 saturated heterocycles. The Balaban J connectivity index is 2.75. The van der Waals surface area contributed by atoms with Crippen LogP contribution in [0.1, 0.15) is 19.4 Å². The quantitative estimate of drug-likeness (QED) is 0.848. The van der Waals surface area contributed by atoms with Gasteiger partial charge in [0.1, 0.15) is 0 Å². The van der Waals surface area contributed by atoms with Gasteiger partial charge in [-0.1, -0.05) is 20.4 Å². The molecule has 1 heterocycles. The molecule has 0 bridgehead atoms. The van der Waals surface area contributed by atoms with Crippen LogP contribution >= 0.6 is 15.9 Å². The molecule has 3 nitrogen and oxygen atoms in total. The summed E-state index contributed by atoms with van der Waals surface area (Å²) >= 11 is 3.39. The molecule has 1 rings (SSSR count). The molecule has 0 amide bonds. The summed E-state index contributed by atoms with van der Waals surface area (Å²) in [7, 11) is 0. The van der Waals surface area contributed by atoms with E-state index in [-0.39, 0.29) is 5.56 Å². The van der Waals surface area contributed by atoms with Crippen LogP contribution in [0.5, 0.6) is 0 Å². The number of nitrogens with one attached hydrogen (secondary N) is 1. The monoisotopic (exact) mass is 298 g/mol. The molecule has 0 saturated carbocycles. The second kappa shape index (κ2) is 6.17. The Labute approximate surface area is 111 Å². The van der Waals surface area contributed by atoms with Crippen molar-refractivity contribution in [3.63, 3.8) is 0 Å². The lowest BCUT2D eigenvalue weighted by atomic mass is 10.2. The predicted molar refractivity (Wildman–Crippen MR) is 75.4 cm³/mol. The lowest BCUT2D eigenvalue weighted by molar-refractivity contribution is 0.599. The van der Waals surface area contributed by atoms with Crippen molar-refractivity contribution >= 4 is 15.9 Å². The fourth-order valence-electron chi connectivity index (χ4n) is 1.50. The Morgan fingerprint density at radius 3 is 2.82 bits per heavy atom. The van der Waals surface area contributed by atoms with E-state index in [1.807, 2.05) is 13.0 Å². The van der Waals surface area contributed by atoms with Crippen molar-refractivity contribution in [2.75, 3.05) is 6.54 Å². The van der Waals surface area contributed by atoms with Crippen LogP contribution in [0.4, 0.5) is 0 Å². The number of nitrogens with zero attached hydrogens (tertiary/aromatic N) is 1. The molecule has 1 aromatic rings. The van der Waals surface area contributed by atoms with E-state index in [2.05, 4.69) is 41.7 Å². The van der Waals surface area contributed by atoms with Gasteiger partial charge in [0.2, 0.25) is 0 Å². The molecule has 0 fully saturated rings. The van der Waals surface area contributed by atoms with Crippen LogP contribution in [0.15, 0.2) is 33.7 Å². The molecule has 0 radical (unpaired) electrons. The molecular weight excluding hydrogens is 280 g/mol. The molecule has 4 heteroatoms. The third-order valence-corrected chi connectivity index (χ3v) is 2.82. The van der Waals surface area contributed by atoms with Crippen molar-refractivity contribution in [1.29, 1.82) is 0 Å². The molecule has 17 heavy (non-hydrogen) atoms. The fourth-order valence-corrected chi connectivity index (χ4v) is 2.09. The van der Waals surface area contributed by atoms with Crippen molar-refractivity contribution in [1.82, 2.24) is 9.88 Å². The smallest absolute Gasteiger partial charge is 0.253 e. The van der Waals surface area contributed by atoms with Crippen LogP contribution in [0.25, 0.3) is 0 Å². The standard InChI is InChI=1S/C13H19BrN2O/c1-9(2)15-6-10(3)7-16-8-12(14)5-11(4)13(16)17/h5,8-9,15H,3,6-7H2,1-2,4H3. The Morgan fingerprint density at radius 2 is 2.24 bits per heavy atom. The molecule has 0 aliphatic heterocycles. The molecule has 0 aromatic carbocycles. The van der Waals surface area contributed by atoms with E-state index in [0.717, 1.165) is 22.2 Å². The van der Waals surface area contributed by atoms with E-state index >= 15 is 0 Å². The van der Waals surface area contributed by atoms with Gasteiger partial charge in [0.25, 0.3) is 5.56 Å². The van der Waals surface area contributed by atoms with Crippen molar-refractivity contribution in [2.24, 2.45) is 0 Å². The normalized spacial score (nSPS) is 10.9. The number of halogens is 1. The lowest BCUT2D eigenvalue weighted by Crippen LogP contribution is -2.28. The minimum absolute atomic E-state index is 0.0406. The summed E-state index contributed by atoms with van der Waals surface area (Å²) in [6, 6.07) is 2.25. The van der Waals surface area contributed by atoms with E-state index in [1.54, 1.807) is 10.8 Å². The first-order valence-electron chi connectivity index (χ1n) is 5.66. The minimum Gasteiger partial charge on any atom is -0.311 e. The van der Waals surface area contributed by atoms with Gasteiger partial charge in [0.05, 0.1) is 0 Å². The van der Waals surface area contributed by atoms with Gasteiger partial charge in [-0.25, -0.2) is 0 Å². The second-order valence-corrected chi connectivity index (χ2v) is 5.48. The number of aromatic nitrogens is 1. The van der Waals surface area contributed by atoms with Crippen LogP contribution in [-0.2, 0) is 6.54 Å². The minimum atomic E-state index is 0.0406. The van der Waals surface area contributed by atoms with Crippen molar-refractivity contribution in [3.8, 4) is 0 Å². The van der Waals surface area contributed by atoms with Crippen LogP contribution in [0.3, 0.4) is 0 Å². The molecule has 1 N–H and O–H groups in total. The third-order valence-electron chi connectivity index (χ3n) is 2.39. The highest BCUT2D eigenvalue weighted by Crippen LogP contribution is 2.08. The van der Waals surface area contributed by atoms with Crippen LogP contribution < -0.4 is 10.9 Å². The summed E-state index contributed by atoms with van der Waals surface area (Å²) in [6.07, 6.45) is 1.80. The fraction of sp³-hybridized carbons (Fsp3) is 0.462. The van der Waals surface area contributed by atoms with Gasteiger partial charge in [0, 0.05) is 35.4 Å². The largest absolute Gasteiger partial charge is 0.311 e. The summed E-state index contributed by atoms with van der Waals surface area (Å²) in [6.45, 7) is 11.3. The maximum Gasteiger partial charge on any atom is 0.253 e. The Kier molecular flexibility index (Phi) is 5.15. The van der Waals surface area contributed by atoms with Gasteiger partial charge in [-0.05, 0) is 34.5 Å². The van der Waals surface area contributed by atoms with Gasteiger partial charge < -0.3 is 9.88 Å². The topological polar surface area (TPSA) is 34.0 Å². The molecule has 0 unspecified atom stereocenters. The van der Waals surface area contributed by atoms with Crippen LogP contribution in [0, 0.1) is 6.92 Å². The van der Waals surface area contributed by atoms with E-state index in [4.69, 9.17) is 0 Å². The second-order valence-electron chi connectivity index (χ2n) is 4.56. The van der Waals surface area contributed by atoms with E-state index in [1.165, 1.54) is 0 Å². The zero-order valence-electron chi connectivity index (χ0n) is 10.6. The first-order chi connectivity index (χ1) is 7.90. The van der Waals surface area contributed by atoms with Crippen molar-refractivity contribution in [2.45, 2.75) is 33.4 Å². The van der Waals surface area contributed by atoms with E-state index in [0.29, 0.717) is 12.6 Å². The zero-order chi connectivity index (χ0) is 13.0. The SMILES string of the molecule is C=C(CNC(C)C)Cn1cc(Br)cc(C)c1=O. The zero-order valence-corrected chi connectivity index (χ0v) is 12.2. The molecule has 0 aliphatic rings. The van der Waals surface area contributed by atoms with Crippen LogP contribution in [-0.4, -0.2) is 17.2 Å². The number of pyridine rings is 1. The number of aryl methyl sites for hydroxylation is 1. The summed E-state index contributed by atoms with van der Waals surface area (Å²) in [4.78, 5) is 11.9. The number of rotatable bonds is 5. The van der Waals surface area contributed by atoms with E-state index in [9.17, 15) is 4.79 Å². The first-order valence-corrected chi connectivity index (χ1v) is 6.46. The maximum atomic E-state index is 11.9. The Morgan fingerprint density at radius 1 is 1.59 bits per heavy atom. The summed E-state index contributed by atoms with van der Waals surface area (Å²) < 4.78 is 2.60. The molecule has 0 aliphatic carbocycles. The van der Waals surface area contributed by atoms with Crippen molar-refractivity contribution in [3.05, 3.63) is 44.8 Å². The van der Waals surface area contributed by atoms with Crippen LogP contribution in [0.2, 0.25) is 0 Å². The highest BCUT2D eigenvalue weighted by atomic mass is 79.9. The summed E-state index contributed by atoms with van der Waals surface area (Å²) in [5.41, 5.74) is 1.78. The highest BCUT2D eigenvalue weighted by Gasteiger charge is 2.04. The molecule has 0 atom stereocenters. The van der Waals surface area contributed by atoms with Gasteiger partial charge >= 0.3 is 0 Å². The van der Waals surface area contributed by atoms with Gasteiger partial charge in [-0.15, -0.1) is 0 Å². The maximum absolute atomic E-state index is 11.9. The lowest BCUT2D eigenvalue weighted by Gasteiger charge is -2.12. The number of hydrogen-bond acceptors (Lipinski definition) is 2. The average molecular weight is 299 g/mol. The Hall–Kier alpha value is -0.870. The third kappa shape index (κ3) is 4.48. The predicted octanol–water partition coefficient (Wildman–Crippen LogP) is 2.47. The summed E-state index contributed by atoms with van der Waals surface area (Å²) in [5.74, 6) is 0. The van der Waals surface area contributed by atoms with Gasteiger partial charge in [-0.3, -0.25) is 4.79 Å². The number of hydrogen-bond donors (Lipinski definition) is 1. The average Bonchev–Trinajstić information content (AvgIpc) is 2.22. The van der Waals surface area contributed by atoms with Gasteiger partial charge in [-0.2, -0.15) is 0 Å². The van der Waals surface area contributed by atoms with Crippen molar-refractivity contribution < 1.29 is 0 Å². The van der Waals surface area contributed by atoms with Gasteiger partial charge in [0.15, 0.2) is 0 Å². The molecule has 94 valence electrons. The molecule has 1 aromatic heterocycles. The molecule has 0 spiro atoms.